The maximum atomic E-state index is 11.8. The molecule has 0 aliphatic carbocycles. The minimum Gasteiger partial charge on any atom is -0.356 e. The first-order chi connectivity index (χ1) is 7.06. The maximum Gasteiger partial charge on any atom is 0.225 e. The monoisotopic (exact) mass is 205 g/mol. The van der Waals surface area contributed by atoms with E-state index in [4.69, 9.17) is 0 Å². The van der Waals surface area contributed by atoms with Crippen LogP contribution >= 0.6 is 0 Å². The summed E-state index contributed by atoms with van der Waals surface area (Å²) in [5.41, 5.74) is 0.867. The topological polar surface area (TPSA) is 29.1 Å². The molecule has 1 rings (SSSR count). The Bertz CT molecular complexity index is 317. The van der Waals surface area contributed by atoms with Crippen molar-refractivity contribution in [3.63, 3.8) is 0 Å². The second kappa shape index (κ2) is 4.96. The molecule has 0 aliphatic rings. The predicted molar refractivity (Wildman–Crippen MR) is 62.6 cm³/mol. The van der Waals surface area contributed by atoms with Gasteiger partial charge >= 0.3 is 0 Å². The van der Waals surface area contributed by atoms with E-state index in [1.54, 1.807) is 0 Å². The van der Waals surface area contributed by atoms with Crippen LogP contribution in [0, 0.1) is 5.41 Å². The highest BCUT2D eigenvalue weighted by atomic mass is 16.2. The molecule has 0 heterocycles. The van der Waals surface area contributed by atoms with Gasteiger partial charge in [-0.25, -0.2) is 0 Å². The van der Waals surface area contributed by atoms with E-state index in [0.29, 0.717) is 6.54 Å². The molecule has 0 saturated heterocycles. The van der Waals surface area contributed by atoms with Crippen molar-refractivity contribution in [3.8, 4) is 0 Å². The highest BCUT2D eigenvalue weighted by Gasteiger charge is 2.26. The number of rotatable bonds is 4. The number of benzene rings is 1. The van der Waals surface area contributed by atoms with Gasteiger partial charge in [-0.3, -0.25) is 4.79 Å². The fraction of sp³-hybridized carbons (Fsp3) is 0.462. The number of carbonyl (C=O) groups is 1. The first-order valence-corrected chi connectivity index (χ1v) is 5.38. The average molecular weight is 205 g/mol. The largest absolute Gasteiger partial charge is 0.356 e. The SMILES string of the molecule is CCNC(=O)C(C)(C)Cc1ccccc1. The van der Waals surface area contributed by atoms with Gasteiger partial charge in [0, 0.05) is 12.0 Å². The van der Waals surface area contributed by atoms with Gasteiger partial charge in [0.25, 0.3) is 0 Å². The lowest BCUT2D eigenvalue weighted by molar-refractivity contribution is -0.129. The minimum atomic E-state index is -0.336. The quantitative estimate of drug-likeness (QED) is 0.803. The Kier molecular flexibility index (Phi) is 3.89. The van der Waals surface area contributed by atoms with Crippen molar-refractivity contribution in [2.24, 2.45) is 5.41 Å². The van der Waals surface area contributed by atoms with Gasteiger partial charge in [-0.2, -0.15) is 0 Å². The van der Waals surface area contributed by atoms with E-state index in [2.05, 4.69) is 17.4 Å². The van der Waals surface area contributed by atoms with Crippen molar-refractivity contribution in [1.29, 1.82) is 0 Å². The smallest absolute Gasteiger partial charge is 0.225 e. The number of carbonyl (C=O) groups excluding carboxylic acids is 1. The molecule has 0 atom stereocenters. The molecule has 2 nitrogen and oxygen atoms in total. The summed E-state index contributed by atoms with van der Waals surface area (Å²) in [5.74, 6) is 0.119. The van der Waals surface area contributed by atoms with Crippen LogP contribution in [0.15, 0.2) is 30.3 Å². The third-order valence-corrected chi connectivity index (χ3v) is 2.44. The van der Waals surface area contributed by atoms with E-state index < -0.39 is 0 Å². The Morgan fingerprint density at radius 3 is 2.40 bits per heavy atom. The lowest BCUT2D eigenvalue weighted by atomic mass is 9.85. The normalized spacial score (nSPS) is 11.1. The van der Waals surface area contributed by atoms with Crippen LogP contribution in [-0.4, -0.2) is 12.5 Å². The molecule has 1 N–H and O–H groups in total. The van der Waals surface area contributed by atoms with Crippen molar-refractivity contribution in [1.82, 2.24) is 5.32 Å². The van der Waals surface area contributed by atoms with Crippen molar-refractivity contribution in [2.75, 3.05) is 6.54 Å². The highest BCUT2D eigenvalue weighted by molar-refractivity contribution is 5.82. The van der Waals surface area contributed by atoms with E-state index in [0.717, 1.165) is 6.42 Å². The molecule has 0 aliphatic heterocycles. The Labute approximate surface area is 91.7 Å². The van der Waals surface area contributed by atoms with Crippen molar-refractivity contribution >= 4 is 5.91 Å². The standard InChI is InChI=1S/C13H19NO/c1-4-14-12(15)13(2,3)10-11-8-6-5-7-9-11/h5-9H,4,10H2,1-3H3,(H,14,15). The van der Waals surface area contributed by atoms with Crippen LogP contribution in [0.3, 0.4) is 0 Å². The molecule has 0 fully saturated rings. The second-order valence-corrected chi connectivity index (χ2v) is 4.41. The molecule has 0 bridgehead atoms. The molecule has 82 valence electrons. The number of hydrogen-bond donors (Lipinski definition) is 1. The summed E-state index contributed by atoms with van der Waals surface area (Å²) in [5, 5.41) is 2.87. The number of amides is 1. The molecule has 1 aromatic rings. The van der Waals surface area contributed by atoms with Crippen LogP contribution in [0.2, 0.25) is 0 Å². The fourth-order valence-corrected chi connectivity index (χ4v) is 1.59. The number of nitrogens with one attached hydrogen (secondary N) is 1. The molecule has 0 unspecified atom stereocenters. The lowest BCUT2D eigenvalue weighted by Gasteiger charge is -2.23. The fourth-order valence-electron chi connectivity index (χ4n) is 1.59. The Morgan fingerprint density at radius 1 is 1.27 bits per heavy atom. The average Bonchev–Trinajstić information content (AvgIpc) is 2.19. The molecular weight excluding hydrogens is 186 g/mol. The third kappa shape index (κ3) is 3.39. The summed E-state index contributed by atoms with van der Waals surface area (Å²) in [6.45, 7) is 6.59. The minimum absolute atomic E-state index is 0.119. The van der Waals surface area contributed by atoms with Gasteiger partial charge in [0.2, 0.25) is 5.91 Å². The van der Waals surface area contributed by atoms with Gasteiger partial charge < -0.3 is 5.32 Å². The van der Waals surface area contributed by atoms with Crippen LogP contribution in [-0.2, 0) is 11.2 Å². The van der Waals surface area contributed by atoms with Gasteiger partial charge in [0.15, 0.2) is 0 Å². The van der Waals surface area contributed by atoms with Crippen molar-refractivity contribution < 1.29 is 4.79 Å². The Balaban J connectivity index is 2.68. The van der Waals surface area contributed by atoms with Gasteiger partial charge in [0.05, 0.1) is 0 Å². The molecular formula is C13H19NO. The molecule has 1 amide bonds. The van der Waals surface area contributed by atoms with Gasteiger partial charge in [0.1, 0.15) is 0 Å². The second-order valence-electron chi connectivity index (χ2n) is 4.41. The third-order valence-electron chi connectivity index (χ3n) is 2.44. The van der Waals surface area contributed by atoms with Gasteiger partial charge in [-0.1, -0.05) is 44.2 Å². The van der Waals surface area contributed by atoms with E-state index in [-0.39, 0.29) is 11.3 Å². The molecule has 15 heavy (non-hydrogen) atoms. The van der Waals surface area contributed by atoms with Crippen LogP contribution in [0.5, 0.6) is 0 Å². The van der Waals surface area contributed by atoms with E-state index in [1.807, 2.05) is 39.0 Å². The predicted octanol–water partition coefficient (Wildman–Crippen LogP) is 2.39. The first-order valence-electron chi connectivity index (χ1n) is 5.38. The zero-order chi connectivity index (χ0) is 11.3. The lowest BCUT2D eigenvalue weighted by Crippen LogP contribution is -2.38. The summed E-state index contributed by atoms with van der Waals surface area (Å²) in [6.07, 6.45) is 0.777. The van der Waals surface area contributed by atoms with Gasteiger partial charge in [-0.05, 0) is 18.9 Å². The van der Waals surface area contributed by atoms with E-state index in [9.17, 15) is 4.79 Å². The van der Waals surface area contributed by atoms with Crippen molar-refractivity contribution in [3.05, 3.63) is 35.9 Å². The maximum absolute atomic E-state index is 11.8. The zero-order valence-electron chi connectivity index (χ0n) is 9.71. The molecule has 0 radical (unpaired) electrons. The van der Waals surface area contributed by atoms with Crippen molar-refractivity contribution in [2.45, 2.75) is 27.2 Å². The summed E-state index contributed by atoms with van der Waals surface area (Å²) < 4.78 is 0. The highest BCUT2D eigenvalue weighted by Crippen LogP contribution is 2.21. The summed E-state index contributed by atoms with van der Waals surface area (Å²) in [7, 11) is 0. The summed E-state index contributed by atoms with van der Waals surface area (Å²) in [4.78, 5) is 11.8. The summed E-state index contributed by atoms with van der Waals surface area (Å²) in [6, 6.07) is 10.1. The van der Waals surface area contributed by atoms with Crippen LogP contribution in [0.4, 0.5) is 0 Å². The number of hydrogen-bond acceptors (Lipinski definition) is 1. The molecule has 0 aromatic heterocycles. The zero-order valence-corrected chi connectivity index (χ0v) is 9.71. The van der Waals surface area contributed by atoms with E-state index in [1.165, 1.54) is 5.56 Å². The Hall–Kier alpha value is -1.31. The Morgan fingerprint density at radius 2 is 1.87 bits per heavy atom. The van der Waals surface area contributed by atoms with E-state index >= 15 is 0 Å². The van der Waals surface area contributed by atoms with Gasteiger partial charge in [-0.15, -0.1) is 0 Å². The molecule has 0 spiro atoms. The molecule has 2 heteroatoms. The molecule has 0 saturated carbocycles. The van der Waals surface area contributed by atoms with Crippen LogP contribution in [0.1, 0.15) is 26.3 Å². The van der Waals surface area contributed by atoms with Crippen LogP contribution < -0.4 is 5.32 Å². The first kappa shape index (κ1) is 11.8. The summed E-state index contributed by atoms with van der Waals surface area (Å²) >= 11 is 0. The molecule has 1 aromatic carbocycles. The van der Waals surface area contributed by atoms with Crippen LogP contribution in [0.25, 0.3) is 0 Å².